The number of rotatable bonds is 7. The van der Waals surface area contributed by atoms with Crippen molar-refractivity contribution in [1.29, 1.82) is 0 Å². The highest BCUT2D eigenvalue weighted by Gasteiger charge is 2.31. The van der Waals surface area contributed by atoms with E-state index >= 15 is 0 Å². The normalized spacial score (nSPS) is 19.2. The van der Waals surface area contributed by atoms with Gasteiger partial charge in [-0.3, -0.25) is 9.59 Å². The van der Waals surface area contributed by atoms with Crippen LogP contribution in [0.1, 0.15) is 13.3 Å². The van der Waals surface area contributed by atoms with Gasteiger partial charge < -0.3 is 20.3 Å². The molecule has 116 valence electrons. The van der Waals surface area contributed by atoms with Gasteiger partial charge in [0.2, 0.25) is 11.8 Å². The summed E-state index contributed by atoms with van der Waals surface area (Å²) in [5.41, 5.74) is 0. The van der Waals surface area contributed by atoms with Gasteiger partial charge in [0.15, 0.2) is 0 Å². The molecular weight excluding hydrogens is 272 g/mol. The van der Waals surface area contributed by atoms with Crippen LogP contribution >= 0.6 is 0 Å². The number of carbonyl (C=O) groups excluding carboxylic acids is 2. The predicted molar refractivity (Wildman–Crippen MR) is 68.5 cm³/mol. The van der Waals surface area contributed by atoms with E-state index < -0.39 is 19.1 Å². The third-order valence-electron chi connectivity index (χ3n) is 2.92. The van der Waals surface area contributed by atoms with Crippen LogP contribution in [0.3, 0.4) is 0 Å². The number of likely N-dealkylation sites (N-methyl/N-ethyl adjacent to an activating group) is 1. The first kappa shape index (κ1) is 16.8. The molecule has 0 aromatic carbocycles. The Balaban J connectivity index is 2.43. The van der Waals surface area contributed by atoms with Gasteiger partial charge in [-0.05, 0) is 6.92 Å². The maximum atomic E-state index is 12.0. The van der Waals surface area contributed by atoms with Gasteiger partial charge in [0.25, 0.3) is 6.43 Å². The number of alkyl halides is 2. The molecule has 0 bridgehead atoms. The largest absolute Gasteiger partial charge is 0.375 e. The van der Waals surface area contributed by atoms with Crippen LogP contribution in [0, 0.1) is 0 Å². The van der Waals surface area contributed by atoms with E-state index in [1.807, 2.05) is 0 Å². The third-order valence-corrected chi connectivity index (χ3v) is 2.92. The summed E-state index contributed by atoms with van der Waals surface area (Å²) in [5, 5.41) is 5.74. The van der Waals surface area contributed by atoms with Crippen LogP contribution in [-0.4, -0.2) is 68.6 Å². The first-order valence-corrected chi connectivity index (χ1v) is 6.70. The maximum Gasteiger partial charge on any atom is 0.261 e. The Hall–Kier alpha value is -1.28. The molecule has 1 saturated heterocycles. The highest BCUT2D eigenvalue weighted by molar-refractivity contribution is 5.88. The number of piperazine rings is 1. The minimum Gasteiger partial charge on any atom is -0.375 e. The summed E-state index contributed by atoms with van der Waals surface area (Å²) < 4.78 is 28.5. The van der Waals surface area contributed by atoms with Crippen LogP contribution in [0.4, 0.5) is 8.78 Å². The Morgan fingerprint density at radius 2 is 2.25 bits per heavy atom. The van der Waals surface area contributed by atoms with Crippen molar-refractivity contribution < 1.29 is 23.1 Å². The molecule has 6 nitrogen and oxygen atoms in total. The fourth-order valence-electron chi connectivity index (χ4n) is 2.00. The Bertz CT molecular complexity index is 329. The van der Waals surface area contributed by atoms with Crippen molar-refractivity contribution in [3.63, 3.8) is 0 Å². The molecule has 1 unspecified atom stereocenters. The van der Waals surface area contributed by atoms with Crippen LogP contribution in [0.15, 0.2) is 0 Å². The van der Waals surface area contributed by atoms with E-state index in [0.29, 0.717) is 26.2 Å². The standard InChI is InChI=1S/C12H21F2N3O3/c1-2-16-12(19)9-7-15-4-5-17(9)11(18)3-6-20-8-10(13)14/h9-10,15H,2-8H2,1H3,(H,16,19). The van der Waals surface area contributed by atoms with Gasteiger partial charge >= 0.3 is 0 Å². The smallest absolute Gasteiger partial charge is 0.261 e. The van der Waals surface area contributed by atoms with Crippen molar-refractivity contribution in [3.8, 4) is 0 Å². The molecule has 2 amide bonds. The van der Waals surface area contributed by atoms with Gasteiger partial charge in [-0.2, -0.15) is 0 Å². The number of amides is 2. The Kier molecular flexibility index (Phi) is 7.38. The highest BCUT2D eigenvalue weighted by Crippen LogP contribution is 2.07. The number of hydrogen-bond acceptors (Lipinski definition) is 4. The van der Waals surface area contributed by atoms with Gasteiger partial charge in [-0.1, -0.05) is 0 Å². The molecule has 1 aliphatic heterocycles. The molecule has 1 rings (SSSR count). The van der Waals surface area contributed by atoms with Crippen LogP contribution in [0.25, 0.3) is 0 Å². The van der Waals surface area contributed by atoms with Gasteiger partial charge in [0.1, 0.15) is 12.6 Å². The molecule has 0 aromatic heterocycles. The highest BCUT2D eigenvalue weighted by atomic mass is 19.3. The molecule has 1 fully saturated rings. The number of hydrogen-bond donors (Lipinski definition) is 2. The fraction of sp³-hybridized carbons (Fsp3) is 0.833. The molecule has 0 aliphatic carbocycles. The lowest BCUT2D eigenvalue weighted by molar-refractivity contribution is -0.142. The molecule has 1 aliphatic rings. The first-order valence-electron chi connectivity index (χ1n) is 6.70. The average molecular weight is 293 g/mol. The second kappa shape index (κ2) is 8.80. The van der Waals surface area contributed by atoms with Crippen molar-refractivity contribution in [2.75, 3.05) is 39.4 Å². The lowest BCUT2D eigenvalue weighted by Crippen LogP contribution is -2.59. The summed E-state index contributed by atoms with van der Waals surface area (Å²) in [6.07, 6.45) is -2.53. The quantitative estimate of drug-likeness (QED) is 0.626. The van der Waals surface area contributed by atoms with Crippen LogP contribution in [0.5, 0.6) is 0 Å². The van der Waals surface area contributed by atoms with Gasteiger partial charge in [-0.25, -0.2) is 8.78 Å². The Morgan fingerprint density at radius 1 is 1.50 bits per heavy atom. The van der Waals surface area contributed by atoms with Crippen molar-refractivity contribution in [2.24, 2.45) is 0 Å². The summed E-state index contributed by atoms with van der Waals surface area (Å²) in [4.78, 5) is 25.3. The molecule has 0 saturated carbocycles. The monoisotopic (exact) mass is 293 g/mol. The second-order valence-electron chi connectivity index (χ2n) is 4.42. The van der Waals surface area contributed by atoms with Crippen LogP contribution in [-0.2, 0) is 14.3 Å². The van der Waals surface area contributed by atoms with Crippen molar-refractivity contribution in [1.82, 2.24) is 15.5 Å². The van der Waals surface area contributed by atoms with E-state index in [0.717, 1.165) is 0 Å². The molecule has 8 heteroatoms. The summed E-state index contributed by atoms with van der Waals surface area (Å²) in [6.45, 7) is 3.00. The fourth-order valence-corrected chi connectivity index (χ4v) is 2.00. The first-order chi connectivity index (χ1) is 9.56. The minimum absolute atomic E-state index is 0.00260. The molecule has 0 spiro atoms. The zero-order valence-electron chi connectivity index (χ0n) is 11.5. The zero-order valence-corrected chi connectivity index (χ0v) is 11.5. The Morgan fingerprint density at radius 3 is 2.90 bits per heavy atom. The lowest BCUT2D eigenvalue weighted by atomic mass is 10.1. The number of nitrogens with zero attached hydrogens (tertiary/aromatic N) is 1. The second-order valence-corrected chi connectivity index (χ2v) is 4.42. The zero-order chi connectivity index (χ0) is 15.0. The van der Waals surface area contributed by atoms with Crippen molar-refractivity contribution >= 4 is 11.8 Å². The summed E-state index contributed by atoms with van der Waals surface area (Å²) >= 11 is 0. The Labute approximate surface area is 116 Å². The van der Waals surface area contributed by atoms with E-state index in [-0.39, 0.29) is 24.8 Å². The maximum absolute atomic E-state index is 12.0. The van der Waals surface area contributed by atoms with Crippen molar-refractivity contribution in [2.45, 2.75) is 25.8 Å². The molecule has 1 heterocycles. The molecule has 2 N–H and O–H groups in total. The molecule has 1 atom stereocenters. The SMILES string of the molecule is CCNC(=O)C1CNCCN1C(=O)CCOCC(F)F. The third kappa shape index (κ3) is 5.38. The van der Waals surface area contributed by atoms with E-state index in [9.17, 15) is 18.4 Å². The van der Waals surface area contributed by atoms with Gasteiger partial charge in [0.05, 0.1) is 13.0 Å². The molecular formula is C12H21F2N3O3. The van der Waals surface area contributed by atoms with E-state index in [1.54, 1.807) is 6.92 Å². The predicted octanol–water partition coefficient (Wildman–Crippen LogP) is -0.405. The number of nitrogens with one attached hydrogen (secondary N) is 2. The van der Waals surface area contributed by atoms with Crippen LogP contribution in [0.2, 0.25) is 0 Å². The minimum atomic E-state index is -2.53. The molecule has 0 aromatic rings. The summed E-state index contributed by atoms with van der Waals surface area (Å²) in [6, 6.07) is -0.550. The van der Waals surface area contributed by atoms with Gasteiger partial charge in [-0.15, -0.1) is 0 Å². The summed E-state index contributed by atoms with van der Waals surface area (Å²) in [7, 11) is 0. The van der Waals surface area contributed by atoms with Gasteiger partial charge in [0, 0.05) is 26.2 Å². The summed E-state index contributed by atoms with van der Waals surface area (Å²) in [5.74, 6) is -0.460. The number of halogens is 2. The molecule has 20 heavy (non-hydrogen) atoms. The number of carbonyl (C=O) groups is 2. The van der Waals surface area contributed by atoms with Crippen molar-refractivity contribution in [3.05, 3.63) is 0 Å². The van der Waals surface area contributed by atoms with E-state index in [4.69, 9.17) is 0 Å². The van der Waals surface area contributed by atoms with Crippen LogP contribution < -0.4 is 10.6 Å². The number of ether oxygens (including phenoxy) is 1. The van der Waals surface area contributed by atoms with E-state index in [2.05, 4.69) is 15.4 Å². The average Bonchev–Trinajstić information content (AvgIpc) is 2.43. The molecule has 0 radical (unpaired) electrons. The van der Waals surface area contributed by atoms with E-state index in [1.165, 1.54) is 4.90 Å². The lowest BCUT2D eigenvalue weighted by Gasteiger charge is -2.35. The topological polar surface area (TPSA) is 70.7 Å².